The molecule has 3 rings (SSSR count). The minimum atomic E-state index is -2.48. The lowest BCUT2D eigenvalue weighted by Crippen LogP contribution is -2.41. The van der Waals surface area contributed by atoms with Gasteiger partial charge in [0, 0.05) is 11.8 Å². The number of rotatable bonds is 4. The van der Waals surface area contributed by atoms with Crippen LogP contribution in [0.15, 0.2) is 47.5 Å². The maximum atomic E-state index is 12.2. The predicted molar refractivity (Wildman–Crippen MR) is 108 cm³/mol. The highest BCUT2D eigenvalue weighted by Gasteiger charge is 2.51. The van der Waals surface area contributed by atoms with Crippen molar-refractivity contribution in [2.24, 2.45) is 0 Å². The normalized spacial score (nSPS) is 20.7. The van der Waals surface area contributed by atoms with Gasteiger partial charge in [-0.3, -0.25) is 4.98 Å². The molecule has 1 unspecified atom stereocenters. The first kappa shape index (κ1) is 19.1. The highest BCUT2D eigenvalue weighted by molar-refractivity contribution is 7.98. The Kier molecular flexibility index (Phi) is 4.77. The number of aromatic nitrogens is 1. The number of pyridine rings is 1. The van der Waals surface area contributed by atoms with E-state index in [2.05, 4.69) is 15.6 Å². The Morgan fingerprint density at radius 3 is 2.08 bits per heavy atom. The zero-order valence-electron chi connectivity index (χ0n) is 15.9. The van der Waals surface area contributed by atoms with Crippen LogP contribution in [0.25, 0.3) is 11.3 Å². The summed E-state index contributed by atoms with van der Waals surface area (Å²) in [5.74, 6) is 3.69. The number of hydrogen-bond acceptors (Lipinski definition) is 4. The SMILES string of the molecule is C=S(=O)(NC)c1ccc(-c2ccc(B3OC(C)(C)C(C)(C)O3)cc2)nc1. The summed E-state index contributed by atoms with van der Waals surface area (Å²) in [6.45, 7) is 8.16. The molecule has 0 amide bonds. The molecular weight excluding hydrogens is 347 g/mol. The second-order valence-corrected chi connectivity index (χ2v) is 9.70. The molecule has 1 saturated heterocycles. The average Bonchev–Trinajstić information content (AvgIpc) is 2.83. The van der Waals surface area contributed by atoms with E-state index in [-0.39, 0.29) is 18.3 Å². The molecule has 1 aliphatic heterocycles. The van der Waals surface area contributed by atoms with Crippen LogP contribution in [0.1, 0.15) is 27.7 Å². The standard InChI is InChI=1S/C19H25BN2O3S/c1-18(2)19(3,4)25-20(24-18)15-9-7-14(8-10-15)17-12-11-16(13-22-17)26(6,23)21-5/h7-13H,6H2,1-5H3,(H,21,23). The van der Waals surface area contributed by atoms with Crippen molar-refractivity contribution in [3.63, 3.8) is 0 Å². The van der Waals surface area contributed by atoms with E-state index >= 15 is 0 Å². The third kappa shape index (κ3) is 3.44. The number of benzene rings is 1. The van der Waals surface area contributed by atoms with Crippen LogP contribution in [0.4, 0.5) is 0 Å². The Bertz CT molecular complexity index is 875. The molecule has 26 heavy (non-hydrogen) atoms. The second-order valence-electron chi connectivity index (χ2n) is 7.47. The molecule has 5 nitrogen and oxygen atoms in total. The Morgan fingerprint density at radius 1 is 1.04 bits per heavy atom. The molecule has 1 aliphatic rings. The summed E-state index contributed by atoms with van der Waals surface area (Å²) in [6, 6.07) is 11.6. The zero-order valence-corrected chi connectivity index (χ0v) is 16.7. The molecule has 0 aliphatic carbocycles. The van der Waals surface area contributed by atoms with Gasteiger partial charge in [0.05, 0.1) is 31.5 Å². The van der Waals surface area contributed by atoms with Crippen LogP contribution in [0.5, 0.6) is 0 Å². The van der Waals surface area contributed by atoms with Gasteiger partial charge in [-0.25, -0.2) is 8.93 Å². The molecule has 2 heterocycles. The molecule has 1 fully saturated rings. The fourth-order valence-corrected chi connectivity index (χ4v) is 3.40. The third-order valence-electron chi connectivity index (χ3n) is 5.18. The first-order valence-electron chi connectivity index (χ1n) is 8.53. The molecule has 1 N–H and O–H groups in total. The fourth-order valence-electron chi connectivity index (χ4n) is 2.65. The van der Waals surface area contributed by atoms with Crippen molar-refractivity contribution in [1.82, 2.24) is 9.71 Å². The Balaban J connectivity index is 1.81. The molecule has 0 bridgehead atoms. The van der Waals surface area contributed by atoms with Gasteiger partial charge in [-0.05, 0) is 58.2 Å². The van der Waals surface area contributed by atoms with Crippen LogP contribution in [-0.4, -0.2) is 40.4 Å². The smallest absolute Gasteiger partial charge is 0.399 e. The van der Waals surface area contributed by atoms with E-state index < -0.39 is 9.71 Å². The van der Waals surface area contributed by atoms with E-state index in [0.717, 1.165) is 16.7 Å². The van der Waals surface area contributed by atoms with E-state index in [1.807, 2.05) is 58.0 Å². The number of hydrogen-bond donors (Lipinski definition) is 1. The van der Waals surface area contributed by atoms with Crippen LogP contribution >= 0.6 is 0 Å². The molecule has 2 aromatic rings. The van der Waals surface area contributed by atoms with Gasteiger partial charge < -0.3 is 9.31 Å². The van der Waals surface area contributed by atoms with Crippen molar-refractivity contribution in [2.45, 2.75) is 43.8 Å². The van der Waals surface area contributed by atoms with Gasteiger partial charge in [0.1, 0.15) is 0 Å². The van der Waals surface area contributed by atoms with Gasteiger partial charge in [0.15, 0.2) is 0 Å². The zero-order chi connectivity index (χ0) is 19.2. The molecule has 1 atom stereocenters. The lowest BCUT2D eigenvalue weighted by Gasteiger charge is -2.32. The molecule has 0 saturated carbocycles. The van der Waals surface area contributed by atoms with E-state index in [9.17, 15) is 4.21 Å². The lowest BCUT2D eigenvalue weighted by molar-refractivity contribution is 0.00578. The van der Waals surface area contributed by atoms with Gasteiger partial charge >= 0.3 is 7.12 Å². The van der Waals surface area contributed by atoms with Crippen LogP contribution in [0, 0.1) is 0 Å². The van der Waals surface area contributed by atoms with E-state index in [4.69, 9.17) is 9.31 Å². The summed E-state index contributed by atoms with van der Waals surface area (Å²) in [5, 5.41) is 0. The van der Waals surface area contributed by atoms with Crippen molar-refractivity contribution in [2.75, 3.05) is 7.05 Å². The van der Waals surface area contributed by atoms with Gasteiger partial charge in [-0.2, -0.15) is 0 Å². The molecule has 1 aromatic carbocycles. The van der Waals surface area contributed by atoms with E-state index in [0.29, 0.717) is 4.90 Å². The van der Waals surface area contributed by atoms with Crippen LogP contribution in [0.2, 0.25) is 0 Å². The fraction of sp³-hybridized carbons (Fsp3) is 0.368. The van der Waals surface area contributed by atoms with Gasteiger partial charge in [0.25, 0.3) is 0 Å². The highest BCUT2D eigenvalue weighted by atomic mass is 32.2. The van der Waals surface area contributed by atoms with Gasteiger partial charge in [-0.15, -0.1) is 0 Å². The van der Waals surface area contributed by atoms with Crippen LogP contribution in [-0.2, 0) is 19.0 Å². The first-order valence-corrected chi connectivity index (χ1v) is 10.3. The summed E-state index contributed by atoms with van der Waals surface area (Å²) in [4.78, 5) is 5.00. The Labute approximate surface area is 156 Å². The molecule has 0 radical (unpaired) electrons. The number of nitrogens with one attached hydrogen (secondary N) is 1. The van der Waals surface area contributed by atoms with Crippen molar-refractivity contribution >= 4 is 28.2 Å². The second kappa shape index (κ2) is 6.49. The van der Waals surface area contributed by atoms with Crippen molar-refractivity contribution in [1.29, 1.82) is 0 Å². The summed E-state index contributed by atoms with van der Waals surface area (Å²) in [7, 11) is -1.24. The minimum Gasteiger partial charge on any atom is -0.399 e. The molecule has 7 heteroatoms. The van der Waals surface area contributed by atoms with Crippen molar-refractivity contribution < 1.29 is 13.5 Å². The van der Waals surface area contributed by atoms with Gasteiger partial charge in [0.2, 0.25) is 0 Å². The van der Waals surface area contributed by atoms with E-state index in [1.165, 1.54) is 0 Å². The summed E-state index contributed by atoms with van der Waals surface area (Å²) >= 11 is 0. The summed E-state index contributed by atoms with van der Waals surface area (Å²) in [5.41, 5.74) is 2.03. The Morgan fingerprint density at radius 2 is 1.62 bits per heavy atom. The number of nitrogens with zero attached hydrogens (tertiary/aromatic N) is 1. The van der Waals surface area contributed by atoms with Crippen molar-refractivity contribution in [3.8, 4) is 11.3 Å². The van der Waals surface area contributed by atoms with Crippen LogP contribution in [0.3, 0.4) is 0 Å². The van der Waals surface area contributed by atoms with Crippen LogP contribution < -0.4 is 10.2 Å². The average molecular weight is 372 g/mol. The maximum absolute atomic E-state index is 12.2. The highest BCUT2D eigenvalue weighted by Crippen LogP contribution is 2.36. The summed E-state index contributed by atoms with van der Waals surface area (Å²) in [6.07, 6.45) is 1.60. The minimum absolute atomic E-state index is 0.359. The first-order chi connectivity index (χ1) is 12.1. The maximum Gasteiger partial charge on any atom is 0.494 e. The summed E-state index contributed by atoms with van der Waals surface area (Å²) < 4.78 is 27.1. The van der Waals surface area contributed by atoms with Crippen molar-refractivity contribution in [3.05, 3.63) is 42.6 Å². The monoisotopic (exact) mass is 372 g/mol. The lowest BCUT2D eigenvalue weighted by atomic mass is 9.79. The van der Waals surface area contributed by atoms with Gasteiger partial charge in [-0.1, -0.05) is 24.3 Å². The topological polar surface area (TPSA) is 60.5 Å². The third-order valence-corrected chi connectivity index (χ3v) is 6.84. The molecule has 0 spiro atoms. The molecule has 138 valence electrons. The Hall–Kier alpha value is -1.67. The largest absolute Gasteiger partial charge is 0.494 e. The predicted octanol–water partition coefficient (Wildman–Crippen LogP) is 2.26. The molecular formula is C19H25BN2O3S. The molecule has 1 aromatic heterocycles. The quantitative estimate of drug-likeness (QED) is 0.661. The van der Waals surface area contributed by atoms with E-state index in [1.54, 1.807) is 19.3 Å².